The molecule has 120 valence electrons. The van der Waals surface area contributed by atoms with Crippen molar-refractivity contribution in [2.45, 2.75) is 13.3 Å². The summed E-state index contributed by atoms with van der Waals surface area (Å²) in [5, 5.41) is 9.67. The number of methoxy groups -OCH3 is 1. The van der Waals surface area contributed by atoms with Crippen LogP contribution in [0.1, 0.15) is 21.5 Å². The third kappa shape index (κ3) is 4.47. The van der Waals surface area contributed by atoms with Gasteiger partial charge in [0.15, 0.2) is 0 Å². The van der Waals surface area contributed by atoms with Crippen LogP contribution in [0.3, 0.4) is 0 Å². The zero-order valence-corrected chi connectivity index (χ0v) is 12.9. The van der Waals surface area contributed by atoms with Crippen LogP contribution in [0.25, 0.3) is 0 Å². The summed E-state index contributed by atoms with van der Waals surface area (Å²) in [5.41, 5.74) is 6.34. The Labute approximate surface area is 134 Å². The van der Waals surface area contributed by atoms with Crippen molar-refractivity contribution >= 4 is 11.8 Å². The molecule has 0 bridgehead atoms. The Morgan fingerprint density at radius 2 is 1.78 bits per heavy atom. The number of benzene rings is 2. The lowest BCUT2D eigenvalue weighted by Crippen LogP contribution is -2.42. The van der Waals surface area contributed by atoms with Crippen molar-refractivity contribution in [3.05, 3.63) is 59.2 Å². The molecule has 2 amide bonds. The number of rotatable bonds is 4. The number of hydrogen-bond acceptors (Lipinski definition) is 4. The second-order valence-corrected chi connectivity index (χ2v) is 5.05. The van der Waals surface area contributed by atoms with Gasteiger partial charge in [-0.15, -0.1) is 0 Å². The fourth-order valence-corrected chi connectivity index (χ4v) is 2.00. The highest BCUT2D eigenvalue weighted by atomic mass is 16.5. The van der Waals surface area contributed by atoms with Crippen LogP contribution in [0.2, 0.25) is 0 Å². The molecule has 0 radical (unpaired) electrons. The number of phenols is 1. The van der Waals surface area contributed by atoms with Gasteiger partial charge in [0.25, 0.3) is 5.91 Å². The predicted octanol–water partition coefficient (Wildman–Crippen LogP) is 1.71. The molecule has 6 heteroatoms. The van der Waals surface area contributed by atoms with E-state index in [4.69, 9.17) is 4.74 Å². The Hall–Kier alpha value is -3.02. The van der Waals surface area contributed by atoms with Gasteiger partial charge in [-0.25, -0.2) is 0 Å². The average molecular weight is 314 g/mol. The van der Waals surface area contributed by atoms with Gasteiger partial charge >= 0.3 is 0 Å². The number of nitrogens with one attached hydrogen (secondary N) is 2. The van der Waals surface area contributed by atoms with Crippen molar-refractivity contribution < 1.29 is 19.4 Å². The van der Waals surface area contributed by atoms with Crippen LogP contribution in [-0.4, -0.2) is 24.0 Å². The second kappa shape index (κ2) is 7.31. The monoisotopic (exact) mass is 314 g/mol. The summed E-state index contributed by atoms with van der Waals surface area (Å²) in [5.74, 6) is -0.375. The summed E-state index contributed by atoms with van der Waals surface area (Å²) in [4.78, 5) is 23.8. The van der Waals surface area contributed by atoms with Crippen LogP contribution in [0.5, 0.6) is 11.5 Å². The molecule has 3 N–H and O–H groups in total. The number of ether oxygens (including phenoxy) is 1. The molecule has 0 unspecified atom stereocenters. The van der Waals surface area contributed by atoms with E-state index in [1.54, 1.807) is 50.4 Å². The van der Waals surface area contributed by atoms with Crippen molar-refractivity contribution in [3.63, 3.8) is 0 Å². The molecule has 6 nitrogen and oxygen atoms in total. The van der Waals surface area contributed by atoms with Gasteiger partial charge in [-0.2, -0.15) is 0 Å². The van der Waals surface area contributed by atoms with Crippen molar-refractivity contribution in [1.82, 2.24) is 10.9 Å². The van der Waals surface area contributed by atoms with Crippen LogP contribution in [0.15, 0.2) is 42.5 Å². The Morgan fingerprint density at radius 3 is 2.43 bits per heavy atom. The highest BCUT2D eigenvalue weighted by Gasteiger charge is 2.12. The molecule has 0 aliphatic rings. The van der Waals surface area contributed by atoms with Crippen molar-refractivity contribution in [2.24, 2.45) is 0 Å². The highest BCUT2D eigenvalue weighted by molar-refractivity contribution is 5.98. The first-order valence-electron chi connectivity index (χ1n) is 7.01. The molecule has 0 aliphatic carbocycles. The van der Waals surface area contributed by atoms with Crippen molar-refractivity contribution in [1.29, 1.82) is 0 Å². The maximum Gasteiger partial charge on any atom is 0.273 e. The standard InChI is InChI=1S/C17H18N2O4/c1-11-3-8-15(20)14(9-11)17(22)19-18-16(21)10-12-4-6-13(23-2)7-5-12/h3-9,20H,10H2,1-2H3,(H,18,21)(H,19,22). The Bertz CT molecular complexity index is 711. The minimum atomic E-state index is -0.575. The molecule has 2 aromatic rings. The van der Waals surface area contributed by atoms with E-state index >= 15 is 0 Å². The van der Waals surface area contributed by atoms with Gasteiger partial charge in [0.05, 0.1) is 19.1 Å². The third-order valence-electron chi connectivity index (χ3n) is 3.24. The van der Waals surface area contributed by atoms with Gasteiger partial charge in [0.2, 0.25) is 5.91 Å². The molecule has 0 spiro atoms. The van der Waals surface area contributed by atoms with E-state index in [1.165, 1.54) is 6.07 Å². The number of hydrazine groups is 1. The van der Waals surface area contributed by atoms with Crippen LogP contribution >= 0.6 is 0 Å². The first-order chi connectivity index (χ1) is 11.0. The molecule has 0 fully saturated rings. The smallest absolute Gasteiger partial charge is 0.273 e. The van der Waals surface area contributed by atoms with E-state index < -0.39 is 5.91 Å². The molecule has 0 saturated carbocycles. The average Bonchev–Trinajstić information content (AvgIpc) is 2.55. The lowest BCUT2D eigenvalue weighted by atomic mass is 10.1. The summed E-state index contributed by atoms with van der Waals surface area (Å²) < 4.78 is 5.04. The van der Waals surface area contributed by atoms with Gasteiger partial charge in [0.1, 0.15) is 11.5 Å². The lowest BCUT2D eigenvalue weighted by Gasteiger charge is -2.09. The topological polar surface area (TPSA) is 87.7 Å². The number of phenolic OH excluding ortho intramolecular Hbond substituents is 1. The minimum Gasteiger partial charge on any atom is -0.507 e. The number of aryl methyl sites for hydroxylation is 1. The van der Waals surface area contributed by atoms with E-state index in [0.717, 1.165) is 11.1 Å². The summed E-state index contributed by atoms with van der Waals surface area (Å²) >= 11 is 0. The Balaban J connectivity index is 1.90. The van der Waals surface area contributed by atoms with E-state index in [1.807, 2.05) is 0 Å². The van der Waals surface area contributed by atoms with E-state index in [2.05, 4.69) is 10.9 Å². The maximum atomic E-state index is 12.0. The van der Waals surface area contributed by atoms with Gasteiger partial charge < -0.3 is 9.84 Å². The Kier molecular flexibility index (Phi) is 5.19. The van der Waals surface area contributed by atoms with Crippen LogP contribution in [0, 0.1) is 6.92 Å². The van der Waals surface area contributed by atoms with E-state index in [9.17, 15) is 14.7 Å². The molecular weight excluding hydrogens is 296 g/mol. The minimum absolute atomic E-state index is 0.106. The SMILES string of the molecule is COc1ccc(CC(=O)NNC(=O)c2cc(C)ccc2O)cc1. The lowest BCUT2D eigenvalue weighted by molar-refractivity contribution is -0.121. The third-order valence-corrected chi connectivity index (χ3v) is 3.24. The quantitative estimate of drug-likeness (QED) is 0.750. The predicted molar refractivity (Wildman–Crippen MR) is 85.2 cm³/mol. The fourth-order valence-electron chi connectivity index (χ4n) is 2.00. The summed E-state index contributed by atoms with van der Waals surface area (Å²) in [7, 11) is 1.57. The number of carbonyl (C=O) groups is 2. The van der Waals surface area contributed by atoms with E-state index in [0.29, 0.717) is 5.75 Å². The largest absolute Gasteiger partial charge is 0.507 e. The highest BCUT2D eigenvalue weighted by Crippen LogP contribution is 2.17. The molecular formula is C17H18N2O4. The number of amides is 2. The molecule has 0 aliphatic heterocycles. The first kappa shape index (κ1) is 16.4. The molecule has 0 aromatic heterocycles. The molecule has 0 atom stereocenters. The number of carbonyl (C=O) groups excluding carboxylic acids is 2. The van der Waals surface area contributed by atoms with Crippen molar-refractivity contribution in [2.75, 3.05) is 7.11 Å². The molecule has 0 saturated heterocycles. The van der Waals surface area contributed by atoms with Crippen LogP contribution in [-0.2, 0) is 11.2 Å². The zero-order valence-electron chi connectivity index (χ0n) is 12.9. The summed E-state index contributed by atoms with van der Waals surface area (Å²) in [6, 6.07) is 11.7. The van der Waals surface area contributed by atoms with Gasteiger partial charge in [-0.1, -0.05) is 23.8 Å². The molecule has 0 heterocycles. The molecule has 2 aromatic carbocycles. The second-order valence-electron chi connectivity index (χ2n) is 5.05. The zero-order chi connectivity index (χ0) is 16.8. The number of hydrogen-bond donors (Lipinski definition) is 3. The summed E-state index contributed by atoms with van der Waals surface area (Å²) in [6.45, 7) is 1.80. The van der Waals surface area contributed by atoms with Crippen LogP contribution < -0.4 is 15.6 Å². The fraction of sp³-hybridized carbons (Fsp3) is 0.176. The van der Waals surface area contributed by atoms with Gasteiger partial charge in [0, 0.05) is 0 Å². The molecule has 2 rings (SSSR count). The Morgan fingerprint density at radius 1 is 1.09 bits per heavy atom. The van der Waals surface area contributed by atoms with E-state index in [-0.39, 0.29) is 23.6 Å². The number of aromatic hydroxyl groups is 1. The van der Waals surface area contributed by atoms with Gasteiger partial charge in [-0.05, 0) is 36.8 Å². The van der Waals surface area contributed by atoms with Crippen molar-refractivity contribution in [3.8, 4) is 11.5 Å². The molecule has 23 heavy (non-hydrogen) atoms. The van der Waals surface area contributed by atoms with Gasteiger partial charge in [-0.3, -0.25) is 20.4 Å². The normalized spacial score (nSPS) is 10.0. The first-order valence-corrected chi connectivity index (χ1v) is 7.01. The maximum absolute atomic E-state index is 12.0. The van der Waals surface area contributed by atoms with Crippen LogP contribution in [0.4, 0.5) is 0 Å². The summed E-state index contributed by atoms with van der Waals surface area (Å²) in [6.07, 6.45) is 0.115.